The first-order chi connectivity index (χ1) is 9.58. The first-order valence-electron chi connectivity index (χ1n) is 7.25. The van der Waals surface area contributed by atoms with Gasteiger partial charge in [0.25, 0.3) is 0 Å². The maximum absolute atomic E-state index is 12.7. The van der Waals surface area contributed by atoms with Crippen LogP contribution in [0.4, 0.5) is 0 Å². The molecule has 2 aromatic carbocycles. The fraction of sp³-hybridized carbons (Fsp3) is 0.316. The lowest BCUT2D eigenvalue weighted by molar-refractivity contribution is 0.0964. The molecular weight excluding hydrogens is 244 g/mol. The van der Waals surface area contributed by atoms with E-state index in [4.69, 9.17) is 0 Å². The maximum atomic E-state index is 12.7. The molecule has 0 aromatic heterocycles. The zero-order chi connectivity index (χ0) is 14.3. The lowest BCUT2D eigenvalue weighted by Gasteiger charge is -2.09. The Labute approximate surface area is 120 Å². The predicted molar refractivity (Wildman–Crippen MR) is 82.3 cm³/mol. The summed E-state index contributed by atoms with van der Waals surface area (Å²) in [7, 11) is 0. The van der Waals surface area contributed by atoms with Crippen LogP contribution in [0, 0.1) is 26.7 Å². The van der Waals surface area contributed by atoms with E-state index in [9.17, 15) is 4.79 Å². The molecule has 1 nitrogen and oxygen atoms in total. The zero-order valence-electron chi connectivity index (χ0n) is 12.3. The summed E-state index contributed by atoms with van der Waals surface area (Å²) in [5, 5.41) is 0. The van der Waals surface area contributed by atoms with Gasteiger partial charge in [0.1, 0.15) is 0 Å². The molecule has 1 saturated carbocycles. The van der Waals surface area contributed by atoms with E-state index in [1.165, 1.54) is 16.7 Å². The Morgan fingerprint density at radius 3 is 2.30 bits per heavy atom. The van der Waals surface area contributed by atoms with Gasteiger partial charge in [-0.05, 0) is 61.4 Å². The van der Waals surface area contributed by atoms with Crippen LogP contribution in [0.15, 0.2) is 42.5 Å². The number of aryl methyl sites for hydroxylation is 3. The summed E-state index contributed by atoms with van der Waals surface area (Å²) in [6, 6.07) is 14.6. The van der Waals surface area contributed by atoms with Crippen molar-refractivity contribution in [1.29, 1.82) is 0 Å². The number of ketones is 1. The van der Waals surface area contributed by atoms with E-state index < -0.39 is 0 Å². The smallest absolute Gasteiger partial charge is 0.166 e. The minimum Gasteiger partial charge on any atom is -0.294 e. The quantitative estimate of drug-likeness (QED) is 0.740. The third-order valence-electron chi connectivity index (χ3n) is 4.46. The second kappa shape index (κ2) is 4.90. The number of hydrogen-bond donors (Lipinski definition) is 0. The average molecular weight is 264 g/mol. The highest BCUT2D eigenvalue weighted by atomic mass is 16.1. The number of Topliss-reactive ketones (excluding diaryl/α,β-unsaturated/α-hetero) is 1. The fourth-order valence-corrected chi connectivity index (χ4v) is 2.98. The Morgan fingerprint density at radius 2 is 1.60 bits per heavy atom. The molecule has 0 N–H and O–H groups in total. The van der Waals surface area contributed by atoms with Crippen LogP contribution in [-0.4, -0.2) is 5.78 Å². The average Bonchev–Trinajstić information content (AvgIpc) is 3.23. The molecule has 3 rings (SSSR count). The predicted octanol–water partition coefficient (Wildman–Crippen LogP) is 4.60. The summed E-state index contributed by atoms with van der Waals surface area (Å²) in [6.45, 7) is 6.22. The highest BCUT2D eigenvalue weighted by molar-refractivity contribution is 6.01. The van der Waals surface area contributed by atoms with Gasteiger partial charge in [0.05, 0.1) is 0 Å². The van der Waals surface area contributed by atoms with E-state index >= 15 is 0 Å². The van der Waals surface area contributed by atoms with Crippen molar-refractivity contribution in [3.63, 3.8) is 0 Å². The minimum absolute atomic E-state index is 0.179. The van der Waals surface area contributed by atoms with Crippen molar-refractivity contribution in [2.24, 2.45) is 5.92 Å². The number of carbonyl (C=O) groups is 1. The first kappa shape index (κ1) is 13.1. The largest absolute Gasteiger partial charge is 0.294 e. The minimum atomic E-state index is 0.179. The van der Waals surface area contributed by atoms with Gasteiger partial charge in [-0.3, -0.25) is 4.79 Å². The summed E-state index contributed by atoms with van der Waals surface area (Å²) in [5.41, 5.74) is 5.78. The Hall–Kier alpha value is -1.89. The van der Waals surface area contributed by atoms with Crippen LogP contribution < -0.4 is 0 Å². The van der Waals surface area contributed by atoms with Crippen molar-refractivity contribution >= 4 is 5.78 Å². The van der Waals surface area contributed by atoms with E-state index in [0.717, 1.165) is 17.5 Å². The molecule has 0 bridgehead atoms. The van der Waals surface area contributed by atoms with Crippen molar-refractivity contribution in [3.8, 4) is 0 Å². The molecule has 1 fully saturated rings. The summed E-state index contributed by atoms with van der Waals surface area (Å²) in [6.07, 6.45) is 0.995. The first-order valence-corrected chi connectivity index (χ1v) is 7.25. The maximum Gasteiger partial charge on any atom is 0.166 e. The van der Waals surface area contributed by atoms with Gasteiger partial charge in [0.15, 0.2) is 5.78 Å². The molecule has 0 radical (unpaired) electrons. The Kier molecular flexibility index (Phi) is 3.21. The molecule has 1 aliphatic carbocycles. The van der Waals surface area contributed by atoms with E-state index in [-0.39, 0.29) is 5.92 Å². The summed E-state index contributed by atoms with van der Waals surface area (Å²) >= 11 is 0. The van der Waals surface area contributed by atoms with E-state index in [2.05, 4.69) is 50.2 Å². The topological polar surface area (TPSA) is 17.1 Å². The van der Waals surface area contributed by atoms with Crippen LogP contribution in [0.25, 0.3) is 0 Å². The fourth-order valence-electron chi connectivity index (χ4n) is 2.98. The zero-order valence-corrected chi connectivity index (χ0v) is 12.3. The van der Waals surface area contributed by atoms with Crippen LogP contribution in [0.2, 0.25) is 0 Å². The molecule has 0 amide bonds. The Balaban J connectivity index is 1.84. The van der Waals surface area contributed by atoms with Gasteiger partial charge in [0, 0.05) is 11.5 Å². The molecule has 0 aliphatic heterocycles. The second-order valence-corrected chi connectivity index (χ2v) is 5.98. The van der Waals surface area contributed by atoms with Crippen LogP contribution >= 0.6 is 0 Å². The molecule has 2 unspecified atom stereocenters. The van der Waals surface area contributed by atoms with Crippen molar-refractivity contribution in [2.75, 3.05) is 0 Å². The number of rotatable bonds is 3. The standard InChI is InChI=1S/C19H20O/c1-12-9-14(3)16(10-13(12)2)19(20)18-11-17(18)15-7-5-4-6-8-15/h4-10,17-18H,11H2,1-3H3. The van der Waals surface area contributed by atoms with E-state index in [1.807, 2.05) is 13.0 Å². The molecule has 2 aromatic rings. The molecule has 1 heteroatoms. The monoisotopic (exact) mass is 264 g/mol. The lowest BCUT2D eigenvalue weighted by Crippen LogP contribution is -2.06. The Bertz CT molecular complexity index is 655. The molecule has 0 saturated heterocycles. The van der Waals surface area contributed by atoms with Gasteiger partial charge >= 0.3 is 0 Å². The van der Waals surface area contributed by atoms with Crippen molar-refractivity contribution in [1.82, 2.24) is 0 Å². The van der Waals surface area contributed by atoms with Gasteiger partial charge in [-0.25, -0.2) is 0 Å². The lowest BCUT2D eigenvalue weighted by atomic mass is 9.95. The van der Waals surface area contributed by atoms with Crippen LogP contribution in [-0.2, 0) is 0 Å². The molecule has 20 heavy (non-hydrogen) atoms. The Morgan fingerprint density at radius 1 is 0.950 bits per heavy atom. The number of carbonyl (C=O) groups excluding carboxylic acids is 1. The SMILES string of the molecule is Cc1cc(C)c(C(=O)C2CC2c2ccccc2)cc1C. The van der Waals surface area contributed by atoms with Crippen molar-refractivity contribution in [3.05, 3.63) is 70.3 Å². The van der Waals surface area contributed by atoms with Crippen LogP contribution in [0.1, 0.15) is 45.0 Å². The molecule has 1 aliphatic rings. The molecule has 2 atom stereocenters. The van der Waals surface area contributed by atoms with Gasteiger partial charge in [-0.2, -0.15) is 0 Å². The molecule has 102 valence electrons. The summed E-state index contributed by atoms with van der Waals surface area (Å²) < 4.78 is 0. The molecule has 0 heterocycles. The number of benzene rings is 2. The third-order valence-corrected chi connectivity index (χ3v) is 4.46. The van der Waals surface area contributed by atoms with Gasteiger partial charge in [-0.15, -0.1) is 0 Å². The molecular formula is C19H20O. The summed E-state index contributed by atoms with van der Waals surface area (Å²) in [4.78, 5) is 12.7. The normalized spacial score (nSPS) is 20.8. The van der Waals surface area contributed by atoms with Crippen LogP contribution in [0.5, 0.6) is 0 Å². The highest BCUT2D eigenvalue weighted by Gasteiger charge is 2.44. The van der Waals surface area contributed by atoms with E-state index in [0.29, 0.717) is 11.7 Å². The molecule has 0 spiro atoms. The van der Waals surface area contributed by atoms with Gasteiger partial charge in [-0.1, -0.05) is 36.4 Å². The van der Waals surface area contributed by atoms with E-state index in [1.54, 1.807) is 0 Å². The second-order valence-electron chi connectivity index (χ2n) is 5.98. The highest BCUT2D eigenvalue weighted by Crippen LogP contribution is 2.49. The van der Waals surface area contributed by atoms with Gasteiger partial charge < -0.3 is 0 Å². The third kappa shape index (κ3) is 2.29. The van der Waals surface area contributed by atoms with Crippen LogP contribution in [0.3, 0.4) is 0 Å². The van der Waals surface area contributed by atoms with Crippen molar-refractivity contribution in [2.45, 2.75) is 33.1 Å². The summed E-state index contributed by atoms with van der Waals surface area (Å²) in [5.74, 6) is 0.919. The van der Waals surface area contributed by atoms with Crippen molar-refractivity contribution < 1.29 is 4.79 Å². The van der Waals surface area contributed by atoms with Gasteiger partial charge in [0.2, 0.25) is 0 Å². The number of hydrogen-bond acceptors (Lipinski definition) is 1.